The summed E-state index contributed by atoms with van der Waals surface area (Å²) in [5, 5.41) is 0. The van der Waals surface area contributed by atoms with Crippen molar-refractivity contribution in [2.75, 3.05) is 7.11 Å². The Balaban J connectivity index is 2.00. The Morgan fingerprint density at radius 1 is 1.41 bits per heavy atom. The first-order valence-electron chi connectivity index (χ1n) is 6.09. The van der Waals surface area contributed by atoms with Gasteiger partial charge in [-0.1, -0.05) is 12.5 Å². The van der Waals surface area contributed by atoms with E-state index in [-0.39, 0.29) is 5.97 Å². The quantitative estimate of drug-likeness (QED) is 0.693. The lowest BCUT2D eigenvalue weighted by Gasteiger charge is -2.19. The predicted molar refractivity (Wildman–Crippen MR) is 66.1 cm³/mol. The summed E-state index contributed by atoms with van der Waals surface area (Å²) in [7, 11) is 1.40. The minimum Gasteiger partial charge on any atom is -0.465 e. The van der Waals surface area contributed by atoms with Gasteiger partial charge in [-0.05, 0) is 37.0 Å². The lowest BCUT2D eigenvalue weighted by molar-refractivity contribution is 0.0601. The van der Waals surface area contributed by atoms with Gasteiger partial charge in [-0.15, -0.1) is 0 Å². The number of rotatable bonds is 1. The molecule has 1 fully saturated rings. The zero-order chi connectivity index (χ0) is 11.8. The van der Waals surface area contributed by atoms with Crippen LogP contribution in [0.25, 0.3) is 0 Å². The van der Waals surface area contributed by atoms with Gasteiger partial charge in [0.1, 0.15) is 0 Å². The summed E-state index contributed by atoms with van der Waals surface area (Å²) in [4.78, 5) is 16.1. The van der Waals surface area contributed by atoms with Gasteiger partial charge in [0.2, 0.25) is 0 Å². The Morgan fingerprint density at radius 3 is 3.12 bits per heavy atom. The lowest BCUT2D eigenvalue weighted by atomic mass is 9.84. The summed E-state index contributed by atoms with van der Waals surface area (Å²) in [6.45, 7) is 0. The molecule has 0 aromatic heterocycles. The maximum atomic E-state index is 11.5. The van der Waals surface area contributed by atoms with Crippen molar-refractivity contribution in [1.82, 2.24) is 0 Å². The van der Waals surface area contributed by atoms with Gasteiger partial charge in [-0.2, -0.15) is 0 Å². The third kappa shape index (κ3) is 1.66. The number of ether oxygens (including phenoxy) is 1. The highest BCUT2D eigenvalue weighted by Gasteiger charge is 2.29. The second kappa shape index (κ2) is 3.99. The Morgan fingerprint density at radius 2 is 2.29 bits per heavy atom. The van der Waals surface area contributed by atoms with Crippen molar-refractivity contribution < 1.29 is 9.53 Å². The molecule has 1 aromatic carbocycles. The minimum atomic E-state index is -0.289. The van der Waals surface area contributed by atoms with E-state index in [0.717, 1.165) is 12.1 Å². The molecule has 0 N–H and O–H groups in total. The fraction of sp³-hybridized carbons (Fsp3) is 0.429. The average Bonchev–Trinajstić information content (AvgIpc) is 2.75. The second-order valence-electron chi connectivity index (χ2n) is 4.67. The molecule has 1 unspecified atom stereocenters. The van der Waals surface area contributed by atoms with E-state index in [4.69, 9.17) is 4.74 Å². The van der Waals surface area contributed by atoms with E-state index in [9.17, 15) is 4.79 Å². The maximum absolute atomic E-state index is 11.5. The monoisotopic (exact) mass is 229 g/mol. The molecule has 1 aliphatic heterocycles. The molecule has 2 aliphatic rings. The van der Waals surface area contributed by atoms with Crippen molar-refractivity contribution in [1.29, 1.82) is 0 Å². The Kier molecular flexibility index (Phi) is 2.46. The van der Waals surface area contributed by atoms with Crippen LogP contribution in [0.4, 0.5) is 5.69 Å². The van der Waals surface area contributed by atoms with Crippen LogP contribution in [0.1, 0.15) is 47.5 Å². The summed E-state index contributed by atoms with van der Waals surface area (Å²) in [5.41, 5.74) is 4.14. The topological polar surface area (TPSA) is 38.7 Å². The zero-order valence-corrected chi connectivity index (χ0v) is 9.90. The number of methoxy groups -OCH3 is 1. The minimum absolute atomic E-state index is 0.289. The van der Waals surface area contributed by atoms with Crippen molar-refractivity contribution in [3.63, 3.8) is 0 Å². The number of benzene rings is 1. The van der Waals surface area contributed by atoms with Gasteiger partial charge in [0.25, 0.3) is 0 Å². The van der Waals surface area contributed by atoms with Gasteiger partial charge in [0.05, 0.1) is 18.4 Å². The van der Waals surface area contributed by atoms with Gasteiger partial charge in [-0.3, -0.25) is 4.99 Å². The number of nitrogens with zero attached hydrogens (tertiary/aromatic N) is 1. The van der Waals surface area contributed by atoms with Crippen LogP contribution < -0.4 is 0 Å². The van der Waals surface area contributed by atoms with Gasteiger partial charge in [0.15, 0.2) is 0 Å². The van der Waals surface area contributed by atoms with Crippen LogP contribution in [0.15, 0.2) is 23.2 Å². The molecule has 1 aromatic rings. The summed E-state index contributed by atoms with van der Waals surface area (Å²) >= 11 is 0. The smallest absolute Gasteiger partial charge is 0.337 e. The van der Waals surface area contributed by atoms with E-state index in [2.05, 4.69) is 4.99 Å². The second-order valence-corrected chi connectivity index (χ2v) is 4.67. The molecule has 3 heteroatoms. The largest absolute Gasteiger partial charge is 0.465 e. The molecule has 0 amide bonds. The van der Waals surface area contributed by atoms with Crippen LogP contribution in [-0.2, 0) is 4.74 Å². The number of hydrogen-bond donors (Lipinski definition) is 0. The Hall–Kier alpha value is -1.64. The van der Waals surface area contributed by atoms with Crippen molar-refractivity contribution in [2.45, 2.75) is 31.6 Å². The molecule has 1 atom stereocenters. The number of fused-ring (bicyclic) bond motifs is 3. The maximum Gasteiger partial charge on any atom is 0.337 e. The highest BCUT2D eigenvalue weighted by Crippen LogP contribution is 2.42. The first kappa shape index (κ1) is 10.5. The molecule has 1 heterocycles. The van der Waals surface area contributed by atoms with Crippen molar-refractivity contribution >= 4 is 17.4 Å². The molecule has 1 saturated carbocycles. The normalized spacial score (nSPS) is 21.5. The molecule has 0 spiro atoms. The van der Waals surface area contributed by atoms with E-state index < -0.39 is 0 Å². The summed E-state index contributed by atoms with van der Waals surface area (Å²) in [6, 6.07) is 5.73. The number of hydrogen-bond acceptors (Lipinski definition) is 3. The summed E-state index contributed by atoms with van der Waals surface area (Å²) in [5.74, 6) is 0.216. The Bertz CT molecular complexity index is 505. The van der Waals surface area contributed by atoms with Crippen molar-refractivity contribution in [3.05, 3.63) is 29.3 Å². The molecule has 3 rings (SSSR count). The molecular formula is C14H15NO2. The Labute approximate surface area is 101 Å². The fourth-order valence-electron chi connectivity index (χ4n) is 2.80. The van der Waals surface area contributed by atoms with Crippen LogP contribution in [0.2, 0.25) is 0 Å². The van der Waals surface area contributed by atoms with Gasteiger partial charge in [-0.25, -0.2) is 4.79 Å². The lowest BCUT2D eigenvalue weighted by Crippen LogP contribution is -2.13. The van der Waals surface area contributed by atoms with Crippen molar-refractivity contribution in [2.24, 2.45) is 4.99 Å². The third-order valence-corrected chi connectivity index (χ3v) is 3.67. The molecule has 3 nitrogen and oxygen atoms in total. The van der Waals surface area contributed by atoms with E-state index in [1.54, 1.807) is 0 Å². The molecule has 0 radical (unpaired) electrons. The molecule has 88 valence electrons. The van der Waals surface area contributed by atoms with E-state index in [0.29, 0.717) is 11.5 Å². The fourth-order valence-corrected chi connectivity index (χ4v) is 2.80. The molecule has 17 heavy (non-hydrogen) atoms. The number of esters is 1. The highest BCUT2D eigenvalue weighted by molar-refractivity contribution is 6.00. The van der Waals surface area contributed by atoms with Gasteiger partial charge < -0.3 is 4.74 Å². The summed E-state index contributed by atoms with van der Waals surface area (Å²) in [6.07, 6.45) is 4.82. The molecular weight excluding hydrogens is 214 g/mol. The van der Waals surface area contributed by atoms with Crippen LogP contribution in [-0.4, -0.2) is 18.8 Å². The van der Waals surface area contributed by atoms with E-state index in [1.165, 1.54) is 37.6 Å². The van der Waals surface area contributed by atoms with Crippen LogP contribution >= 0.6 is 0 Å². The first-order valence-corrected chi connectivity index (χ1v) is 6.09. The van der Waals surface area contributed by atoms with Crippen LogP contribution in [0.5, 0.6) is 0 Å². The number of aliphatic imine (C=N–C) groups is 1. The zero-order valence-electron chi connectivity index (χ0n) is 9.90. The highest BCUT2D eigenvalue weighted by atomic mass is 16.5. The first-order chi connectivity index (χ1) is 8.29. The average molecular weight is 229 g/mol. The molecule has 0 saturated heterocycles. The van der Waals surface area contributed by atoms with Gasteiger partial charge in [0, 0.05) is 11.6 Å². The standard InChI is InChI=1S/C14H15NO2/c1-17-14(16)9-6-7-11-10-4-2-3-5-12(10)15-13(11)8-9/h6-8,10H,2-5H2,1H3. The number of carbonyl (C=O) groups is 1. The third-order valence-electron chi connectivity index (χ3n) is 3.67. The molecule has 0 bridgehead atoms. The number of carbonyl (C=O) groups excluding carboxylic acids is 1. The van der Waals surface area contributed by atoms with Crippen LogP contribution in [0.3, 0.4) is 0 Å². The van der Waals surface area contributed by atoms with Crippen molar-refractivity contribution in [3.8, 4) is 0 Å². The van der Waals surface area contributed by atoms with E-state index >= 15 is 0 Å². The SMILES string of the molecule is COC(=O)c1ccc2c(c1)N=C1CCCCC12. The molecule has 1 aliphatic carbocycles. The summed E-state index contributed by atoms with van der Waals surface area (Å²) < 4.78 is 4.73. The van der Waals surface area contributed by atoms with Crippen LogP contribution in [0, 0.1) is 0 Å². The predicted octanol–water partition coefficient (Wildman–Crippen LogP) is 3.22. The van der Waals surface area contributed by atoms with E-state index in [1.807, 2.05) is 18.2 Å². The van der Waals surface area contributed by atoms with Gasteiger partial charge >= 0.3 is 5.97 Å².